The third kappa shape index (κ3) is 4.25. The van der Waals surface area contributed by atoms with E-state index in [2.05, 4.69) is 29.6 Å². The molecule has 0 aliphatic carbocycles. The van der Waals surface area contributed by atoms with E-state index in [1.807, 2.05) is 31.2 Å². The highest BCUT2D eigenvalue weighted by Crippen LogP contribution is 2.24. The van der Waals surface area contributed by atoms with Crippen LogP contribution in [0.1, 0.15) is 48.3 Å². The minimum atomic E-state index is -0.107. The van der Waals surface area contributed by atoms with Crippen molar-refractivity contribution in [3.63, 3.8) is 0 Å². The lowest BCUT2D eigenvalue weighted by molar-refractivity contribution is -0.119. The number of Topliss-reactive ketones (excluding diaryl/α,β-unsaturated/α-hetero) is 1. The maximum absolute atomic E-state index is 12.5. The standard InChI is InChI=1S/C21H24ClNO/c1-15(17-8-10-20(22)11-9-17)21(24)13-16-4-6-18(7-5-16)19-3-2-12-23-14-19/h4-11,15,19,23H,2-3,12-14H2,1H3. The van der Waals surface area contributed by atoms with Crippen LogP contribution in [0, 0.1) is 0 Å². The molecule has 0 amide bonds. The van der Waals surface area contributed by atoms with Gasteiger partial charge in [0.15, 0.2) is 0 Å². The Kier molecular flexibility index (Phi) is 5.70. The second-order valence-electron chi connectivity index (χ2n) is 6.70. The number of halogens is 1. The van der Waals surface area contributed by atoms with Crippen molar-refractivity contribution in [2.24, 2.45) is 0 Å². The summed E-state index contributed by atoms with van der Waals surface area (Å²) in [4.78, 5) is 12.5. The largest absolute Gasteiger partial charge is 0.316 e. The highest BCUT2D eigenvalue weighted by atomic mass is 35.5. The highest BCUT2D eigenvalue weighted by Gasteiger charge is 2.17. The Morgan fingerprint density at radius 1 is 1.17 bits per heavy atom. The first-order valence-electron chi connectivity index (χ1n) is 8.71. The van der Waals surface area contributed by atoms with Crippen LogP contribution in [0.3, 0.4) is 0 Å². The summed E-state index contributed by atoms with van der Waals surface area (Å²) in [5.41, 5.74) is 3.49. The summed E-state index contributed by atoms with van der Waals surface area (Å²) in [6.45, 7) is 4.16. The van der Waals surface area contributed by atoms with Gasteiger partial charge in [-0.2, -0.15) is 0 Å². The van der Waals surface area contributed by atoms with Gasteiger partial charge in [-0.25, -0.2) is 0 Å². The van der Waals surface area contributed by atoms with Gasteiger partial charge in [-0.1, -0.05) is 54.9 Å². The van der Waals surface area contributed by atoms with Crippen molar-refractivity contribution in [1.82, 2.24) is 5.32 Å². The summed E-state index contributed by atoms with van der Waals surface area (Å²) >= 11 is 5.92. The fraction of sp³-hybridized carbons (Fsp3) is 0.381. The van der Waals surface area contributed by atoms with Crippen molar-refractivity contribution >= 4 is 17.4 Å². The fourth-order valence-corrected chi connectivity index (χ4v) is 3.46. The van der Waals surface area contributed by atoms with E-state index in [1.165, 1.54) is 18.4 Å². The number of carbonyl (C=O) groups excluding carboxylic acids is 1. The summed E-state index contributed by atoms with van der Waals surface area (Å²) in [5.74, 6) is 0.741. The predicted molar refractivity (Wildman–Crippen MR) is 99.9 cm³/mol. The predicted octanol–water partition coefficient (Wildman–Crippen LogP) is 4.72. The lowest BCUT2D eigenvalue weighted by Gasteiger charge is -2.23. The molecule has 1 saturated heterocycles. The third-order valence-electron chi connectivity index (χ3n) is 4.98. The van der Waals surface area contributed by atoms with Crippen LogP contribution in [-0.2, 0) is 11.2 Å². The van der Waals surface area contributed by atoms with Crippen LogP contribution in [0.5, 0.6) is 0 Å². The molecular weight excluding hydrogens is 318 g/mol. The van der Waals surface area contributed by atoms with E-state index in [9.17, 15) is 4.79 Å². The molecule has 2 unspecified atom stereocenters. The molecule has 1 aliphatic heterocycles. The van der Waals surface area contributed by atoms with Crippen LogP contribution in [-0.4, -0.2) is 18.9 Å². The van der Waals surface area contributed by atoms with E-state index in [4.69, 9.17) is 11.6 Å². The van der Waals surface area contributed by atoms with Gasteiger partial charge in [-0.3, -0.25) is 4.79 Å². The number of hydrogen-bond donors (Lipinski definition) is 1. The summed E-state index contributed by atoms with van der Waals surface area (Å²) in [6, 6.07) is 16.1. The van der Waals surface area contributed by atoms with Gasteiger partial charge in [0, 0.05) is 23.9 Å². The molecule has 2 nitrogen and oxygen atoms in total. The molecule has 0 spiro atoms. The highest BCUT2D eigenvalue weighted by molar-refractivity contribution is 6.30. The van der Waals surface area contributed by atoms with Gasteiger partial charge in [-0.15, -0.1) is 0 Å². The number of nitrogens with one attached hydrogen (secondary N) is 1. The Morgan fingerprint density at radius 2 is 1.88 bits per heavy atom. The van der Waals surface area contributed by atoms with Crippen molar-refractivity contribution in [3.8, 4) is 0 Å². The summed E-state index contributed by atoms with van der Waals surface area (Å²) in [7, 11) is 0. The summed E-state index contributed by atoms with van der Waals surface area (Å²) in [6.07, 6.45) is 2.97. The molecule has 0 saturated carbocycles. The SMILES string of the molecule is CC(C(=O)Cc1ccc(C2CCCNC2)cc1)c1ccc(Cl)cc1. The molecule has 3 rings (SSSR count). The van der Waals surface area contributed by atoms with Gasteiger partial charge < -0.3 is 5.32 Å². The summed E-state index contributed by atoms with van der Waals surface area (Å²) in [5, 5.41) is 4.15. The van der Waals surface area contributed by atoms with E-state index in [0.717, 1.165) is 24.2 Å². The second-order valence-corrected chi connectivity index (χ2v) is 7.14. The molecule has 24 heavy (non-hydrogen) atoms. The lowest BCUT2D eigenvalue weighted by Crippen LogP contribution is -2.28. The second kappa shape index (κ2) is 7.96. The molecule has 126 valence electrons. The van der Waals surface area contributed by atoms with Crippen LogP contribution in [0.2, 0.25) is 5.02 Å². The van der Waals surface area contributed by atoms with Crippen molar-refractivity contribution in [2.45, 2.75) is 38.0 Å². The normalized spacial score (nSPS) is 19.0. The average Bonchev–Trinajstić information content (AvgIpc) is 2.63. The zero-order valence-electron chi connectivity index (χ0n) is 14.1. The Bertz CT molecular complexity index is 672. The lowest BCUT2D eigenvalue weighted by atomic mass is 9.89. The van der Waals surface area contributed by atoms with Gasteiger partial charge in [0.05, 0.1) is 0 Å². The van der Waals surface area contributed by atoms with E-state index in [0.29, 0.717) is 17.4 Å². The summed E-state index contributed by atoms with van der Waals surface area (Å²) < 4.78 is 0. The quantitative estimate of drug-likeness (QED) is 0.852. The van der Waals surface area contributed by atoms with Gasteiger partial charge in [0.2, 0.25) is 0 Å². The molecule has 2 atom stereocenters. The Morgan fingerprint density at radius 3 is 2.50 bits per heavy atom. The van der Waals surface area contributed by atoms with Gasteiger partial charge in [0.25, 0.3) is 0 Å². The maximum Gasteiger partial charge on any atom is 0.144 e. The topological polar surface area (TPSA) is 29.1 Å². The van der Waals surface area contributed by atoms with Crippen LogP contribution in [0.25, 0.3) is 0 Å². The van der Waals surface area contributed by atoms with Crippen LogP contribution in [0.15, 0.2) is 48.5 Å². The first kappa shape index (κ1) is 17.2. The number of carbonyl (C=O) groups is 1. The first-order chi connectivity index (χ1) is 11.6. The molecule has 0 radical (unpaired) electrons. The molecule has 2 aromatic rings. The number of hydrogen-bond acceptors (Lipinski definition) is 2. The van der Waals surface area contributed by atoms with E-state index < -0.39 is 0 Å². The van der Waals surface area contributed by atoms with Crippen LogP contribution < -0.4 is 5.32 Å². The molecule has 1 fully saturated rings. The molecule has 2 aromatic carbocycles. The Balaban J connectivity index is 1.62. The van der Waals surface area contributed by atoms with E-state index in [-0.39, 0.29) is 11.7 Å². The Hall–Kier alpha value is -1.64. The third-order valence-corrected chi connectivity index (χ3v) is 5.23. The van der Waals surface area contributed by atoms with E-state index in [1.54, 1.807) is 0 Å². The minimum Gasteiger partial charge on any atom is -0.316 e. The first-order valence-corrected chi connectivity index (χ1v) is 9.09. The van der Waals surface area contributed by atoms with Crippen LogP contribution in [0.4, 0.5) is 0 Å². The number of piperidine rings is 1. The smallest absolute Gasteiger partial charge is 0.144 e. The van der Waals surface area contributed by atoms with Crippen LogP contribution >= 0.6 is 11.6 Å². The molecule has 3 heteroatoms. The van der Waals surface area contributed by atoms with Crippen molar-refractivity contribution in [2.75, 3.05) is 13.1 Å². The van der Waals surface area contributed by atoms with Crippen molar-refractivity contribution in [3.05, 3.63) is 70.2 Å². The zero-order valence-corrected chi connectivity index (χ0v) is 14.9. The van der Waals surface area contributed by atoms with E-state index >= 15 is 0 Å². The van der Waals surface area contributed by atoms with Gasteiger partial charge in [-0.05, 0) is 54.1 Å². The Labute approximate surface area is 149 Å². The number of rotatable bonds is 5. The maximum atomic E-state index is 12.5. The zero-order chi connectivity index (χ0) is 16.9. The molecular formula is C21H24ClNO. The average molecular weight is 342 g/mol. The fourth-order valence-electron chi connectivity index (χ4n) is 3.34. The number of ketones is 1. The molecule has 1 N–H and O–H groups in total. The molecule has 1 aliphatic rings. The molecule has 1 heterocycles. The molecule has 0 bridgehead atoms. The molecule has 0 aromatic heterocycles. The van der Waals surface area contributed by atoms with Crippen molar-refractivity contribution < 1.29 is 4.79 Å². The van der Waals surface area contributed by atoms with Gasteiger partial charge in [0.1, 0.15) is 5.78 Å². The number of benzene rings is 2. The van der Waals surface area contributed by atoms with Gasteiger partial charge >= 0.3 is 0 Å². The minimum absolute atomic E-state index is 0.107. The monoisotopic (exact) mass is 341 g/mol. The van der Waals surface area contributed by atoms with Crippen molar-refractivity contribution in [1.29, 1.82) is 0 Å².